The number of likely N-dealkylation sites (tertiary alicyclic amines) is 1. The molecule has 2 aliphatic heterocycles. The minimum absolute atomic E-state index is 0.0729. The van der Waals surface area contributed by atoms with Crippen molar-refractivity contribution < 1.29 is 14.3 Å². The number of carbonyl (C=O) groups excluding carboxylic acids is 2. The third-order valence-electron chi connectivity index (χ3n) is 5.64. The quantitative estimate of drug-likeness (QED) is 0.814. The Balaban J connectivity index is 1.64. The molecule has 2 saturated heterocycles. The van der Waals surface area contributed by atoms with Crippen molar-refractivity contribution in [1.82, 2.24) is 15.2 Å². The molecule has 2 aliphatic rings. The van der Waals surface area contributed by atoms with Crippen molar-refractivity contribution >= 4 is 11.8 Å². The summed E-state index contributed by atoms with van der Waals surface area (Å²) in [6.07, 6.45) is 4.50. The fourth-order valence-electron chi connectivity index (χ4n) is 4.07. The highest BCUT2D eigenvalue weighted by Crippen LogP contribution is 2.30. The molecule has 154 valence electrons. The van der Waals surface area contributed by atoms with E-state index >= 15 is 0 Å². The lowest BCUT2D eigenvalue weighted by Gasteiger charge is -2.33. The number of aryl methyl sites for hydroxylation is 1. The molecule has 1 N–H and O–H groups in total. The lowest BCUT2D eigenvalue weighted by molar-refractivity contribution is -0.133. The first-order chi connectivity index (χ1) is 13.4. The number of hydrogen-bond donors (Lipinski definition) is 1. The maximum absolute atomic E-state index is 12.8. The van der Waals surface area contributed by atoms with Crippen LogP contribution in [-0.4, -0.2) is 54.0 Å². The Hall–Kier alpha value is -1.95. The summed E-state index contributed by atoms with van der Waals surface area (Å²) in [5.41, 5.74) is 2.46. The second-order valence-corrected chi connectivity index (χ2v) is 8.48. The Morgan fingerprint density at radius 1 is 1.25 bits per heavy atom. The minimum atomic E-state index is -0.0729. The van der Waals surface area contributed by atoms with Gasteiger partial charge in [0.2, 0.25) is 5.91 Å². The van der Waals surface area contributed by atoms with Gasteiger partial charge in [0, 0.05) is 44.3 Å². The van der Waals surface area contributed by atoms with E-state index in [1.54, 1.807) is 0 Å². The SMILES string of the molecule is Cc1ccc(C(=O)NCC2CCCO2)c(C2CCN(C(=O)CC(C)C)CC2)n1. The van der Waals surface area contributed by atoms with Crippen molar-refractivity contribution in [2.45, 2.75) is 64.9 Å². The van der Waals surface area contributed by atoms with E-state index in [0.717, 1.165) is 56.8 Å². The van der Waals surface area contributed by atoms with Gasteiger partial charge in [-0.3, -0.25) is 14.6 Å². The van der Waals surface area contributed by atoms with Gasteiger partial charge in [-0.15, -0.1) is 0 Å². The summed E-state index contributed by atoms with van der Waals surface area (Å²) in [7, 11) is 0. The molecule has 1 unspecified atom stereocenters. The molecule has 0 aromatic carbocycles. The fourth-order valence-corrected chi connectivity index (χ4v) is 4.07. The molecular formula is C22H33N3O3. The topological polar surface area (TPSA) is 71.5 Å². The molecule has 0 aliphatic carbocycles. The molecule has 1 aromatic rings. The van der Waals surface area contributed by atoms with Gasteiger partial charge in [-0.25, -0.2) is 0 Å². The van der Waals surface area contributed by atoms with Gasteiger partial charge in [0.05, 0.1) is 17.4 Å². The smallest absolute Gasteiger partial charge is 0.253 e. The number of nitrogens with zero attached hydrogens (tertiary/aromatic N) is 2. The van der Waals surface area contributed by atoms with Crippen molar-refractivity contribution in [1.29, 1.82) is 0 Å². The van der Waals surface area contributed by atoms with E-state index < -0.39 is 0 Å². The Kier molecular flexibility index (Phi) is 7.05. The Morgan fingerprint density at radius 2 is 2.00 bits per heavy atom. The highest BCUT2D eigenvalue weighted by Gasteiger charge is 2.28. The maximum Gasteiger partial charge on any atom is 0.253 e. The van der Waals surface area contributed by atoms with Crippen LogP contribution in [0.4, 0.5) is 0 Å². The van der Waals surface area contributed by atoms with Crippen LogP contribution >= 0.6 is 0 Å². The van der Waals surface area contributed by atoms with Crippen LogP contribution in [0.2, 0.25) is 0 Å². The van der Waals surface area contributed by atoms with Gasteiger partial charge in [-0.1, -0.05) is 13.8 Å². The molecule has 6 nitrogen and oxygen atoms in total. The van der Waals surface area contributed by atoms with Crippen molar-refractivity contribution in [2.75, 3.05) is 26.2 Å². The number of piperidine rings is 1. The molecule has 6 heteroatoms. The van der Waals surface area contributed by atoms with E-state index in [2.05, 4.69) is 19.2 Å². The van der Waals surface area contributed by atoms with Gasteiger partial charge >= 0.3 is 0 Å². The highest BCUT2D eigenvalue weighted by molar-refractivity contribution is 5.95. The van der Waals surface area contributed by atoms with Crippen LogP contribution in [0, 0.1) is 12.8 Å². The second kappa shape index (κ2) is 9.50. The molecule has 1 aromatic heterocycles. The molecule has 2 fully saturated rings. The Labute approximate surface area is 168 Å². The standard InChI is InChI=1S/C22H33N3O3/c1-15(2)13-20(26)25-10-8-17(9-11-25)21-19(7-6-16(3)24-21)22(27)23-14-18-5-4-12-28-18/h6-7,15,17-18H,4-5,8-14H2,1-3H3,(H,23,27). The van der Waals surface area contributed by atoms with Gasteiger partial charge in [0.15, 0.2) is 0 Å². The minimum Gasteiger partial charge on any atom is -0.376 e. The zero-order chi connectivity index (χ0) is 20.1. The van der Waals surface area contributed by atoms with E-state index in [0.29, 0.717) is 24.4 Å². The lowest BCUT2D eigenvalue weighted by atomic mass is 9.89. The van der Waals surface area contributed by atoms with Gasteiger partial charge < -0.3 is 15.0 Å². The van der Waals surface area contributed by atoms with Crippen LogP contribution in [0.5, 0.6) is 0 Å². The summed E-state index contributed by atoms with van der Waals surface area (Å²) >= 11 is 0. The average molecular weight is 388 g/mol. The Morgan fingerprint density at radius 3 is 2.64 bits per heavy atom. The summed E-state index contributed by atoms with van der Waals surface area (Å²) in [5.74, 6) is 0.755. The highest BCUT2D eigenvalue weighted by atomic mass is 16.5. The first-order valence-electron chi connectivity index (χ1n) is 10.6. The van der Waals surface area contributed by atoms with Gasteiger partial charge in [0.1, 0.15) is 0 Å². The number of aromatic nitrogens is 1. The lowest BCUT2D eigenvalue weighted by Crippen LogP contribution is -2.39. The van der Waals surface area contributed by atoms with Crippen LogP contribution in [0.1, 0.15) is 73.6 Å². The number of nitrogens with one attached hydrogen (secondary N) is 1. The van der Waals surface area contributed by atoms with Gasteiger partial charge in [0.25, 0.3) is 5.91 Å². The number of ether oxygens (including phenoxy) is 1. The first-order valence-corrected chi connectivity index (χ1v) is 10.6. The summed E-state index contributed by atoms with van der Waals surface area (Å²) in [4.78, 5) is 31.8. The average Bonchev–Trinajstić information content (AvgIpc) is 3.19. The van der Waals surface area contributed by atoms with E-state index in [1.165, 1.54) is 0 Å². The zero-order valence-corrected chi connectivity index (χ0v) is 17.4. The molecule has 0 bridgehead atoms. The first kappa shape index (κ1) is 20.8. The number of carbonyl (C=O) groups is 2. The molecular weight excluding hydrogens is 354 g/mol. The van der Waals surface area contributed by atoms with Crippen LogP contribution in [0.3, 0.4) is 0 Å². The predicted octanol–water partition coefficient (Wildman–Crippen LogP) is 3.05. The van der Waals surface area contributed by atoms with Crippen molar-refractivity contribution in [3.63, 3.8) is 0 Å². The summed E-state index contributed by atoms with van der Waals surface area (Å²) in [5, 5.41) is 3.02. The normalized spacial score (nSPS) is 20.6. The molecule has 0 saturated carbocycles. The summed E-state index contributed by atoms with van der Waals surface area (Å²) in [6, 6.07) is 3.78. The van der Waals surface area contributed by atoms with E-state index in [-0.39, 0.29) is 23.8 Å². The summed E-state index contributed by atoms with van der Waals surface area (Å²) in [6.45, 7) is 8.91. The zero-order valence-electron chi connectivity index (χ0n) is 17.4. The van der Waals surface area contributed by atoms with Crippen molar-refractivity contribution in [2.24, 2.45) is 5.92 Å². The molecule has 3 rings (SSSR count). The van der Waals surface area contributed by atoms with Crippen molar-refractivity contribution in [3.8, 4) is 0 Å². The molecule has 0 radical (unpaired) electrons. The van der Waals surface area contributed by atoms with Crippen LogP contribution in [0.25, 0.3) is 0 Å². The third-order valence-corrected chi connectivity index (χ3v) is 5.64. The molecule has 28 heavy (non-hydrogen) atoms. The third kappa shape index (κ3) is 5.31. The monoisotopic (exact) mass is 387 g/mol. The van der Waals surface area contributed by atoms with E-state index in [1.807, 2.05) is 24.0 Å². The van der Waals surface area contributed by atoms with Crippen LogP contribution in [0.15, 0.2) is 12.1 Å². The van der Waals surface area contributed by atoms with E-state index in [9.17, 15) is 9.59 Å². The molecule has 3 heterocycles. The Bertz CT molecular complexity index is 690. The van der Waals surface area contributed by atoms with Crippen molar-refractivity contribution in [3.05, 3.63) is 29.1 Å². The molecule has 0 spiro atoms. The number of hydrogen-bond acceptors (Lipinski definition) is 4. The number of rotatable bonds is 6. The summed E-state index contributed by atoms with van der Waals surface area (Å²) < 4.78 is 5.60. The largest absolute Gasteiger partial charge is 0.376 e. The predicted molar refractivity (Wildman–Crippen MR) is 108 cm³/mol. The number of amides is 2. The van der Waals surface area contributed by atoms with E-state index in [4.69, 9.17) is 9.72 Å². The van der Waals surface area contributed by atoms with Gasteiger partial charge in [-0.05, 0) is 50.7 Å². The number of pyridine rings is 1. The molecule has 2 amide bonds. The van der Waals surface area contributed by atoms with Gasteiger partial charge in [-0.2, -0.15) is 0 Å². The second-order valence-electron chi connectivity index (χ2n) is 8.48. The maximum atomic E-state index is 12.8. The van der Waals surface area contributed by atoms with Crippen LogP contribution in [-0.2, 0) is 9.53 Å². The van der Waals surface area contributed by atoms with Crippen LogP contribution < -0.4 is 5.32 Å². The fraction of sp³-hybridized carbons (Fsp3) is 0.682. The molecule has 1 atom stereocenters.